The predicted octanol–water partition coefficient (Wildman–Crippen LogP) is 11.1. The van der Waals surface area contributed by atoms with E-state index in [-0.39, 0.29) is 0 Å². The molecule has 8 aromatic rings. The van der Waals surface area contributed by atoms with Crippen LogP contribution in [0.1, 0.15) is 22.3 Å². The van der Waals surface area contributed by atoms with Crippen molar-refractivity contribution in [1.29, 1.82) is 0 Å². The van der Waals surface area contributed by atoms with Gasteiger partial charge in [-0.25, -0.2) is 0 Å². The van der Waals surface area contributed by atoms with Gasteiger partial charge in [0.05, 0.1) is 11.9 Å². The largest absolute Gasteiger partial charge is 0.139 e. The molecule has 0 N–H and O–H groups in total. The Morgan fingerprint density at radius 1 is 0.587 bits per heavy atom. The van der Waals surface area contributed by atoms with Crippen LogP contribution in [-0.4, -0.2) is 15.4 Å². The first kappa shape index (κ1) is 26.9. The van der Waals surface area contributed by atoms with Gasteiger partial charge in [-0.05, 0) is 105 Å². The van der Waals surface area contributed by atoms with E-state index in [4.69, 9.17) is 5.10 Å². The maximum atomic E-state index is 4.71. The van der Waals surface area contributed by atoms with Crippen LogP contribution in [0.15, 0.2) is 128 Å². The van der Waals surface area contributed by atoms with Gasteiger partial charge in [0.2, 0.25) is 0 Å². The van der Waals surface area contributed by atoms with Crippen molar-refractivity contribution in [2.75, 3.05) is 0 Å². The molecular weight excluding hydrogens is 579 g/mol. The van der Waals surface area contributed by atoms with E-state index in [9.17, 15) is 0 Å². The van der Waals surface area contributed by atoms with Crippen molar-refractivity contribution in [2.45, 2.75) is 20.3 Å². The van der Waals surface area contributed by atoms with Gasteiger partial charge in [0, 0.05) is 31.3 Å². The number of aryl methyl sites for hydroxylation is 1. The van der Waals surface area contributed by atoms with E-state index < -0.39 is 0 Å². The lowest BCUT2D eigenvalue weighted by Gasteiger charge is -2.24. The first-order valence-electron chi connectivity index (χ1n) is 15.7. The molecule has 46 heavy (non-hydrogen) atoms. The zero-order valence-corrected chi connectivity index (χ0v) is 26.4. The highest BCUT2D eigenvalue weighted by Gasteiger charge is 2.29. The second kappa shape index (κ2) is 10.6. The lowest BCUT2D eigenvalue weighted by atomic mass is 9.79. The van der Waals surface area contributed by atoms with Crippen LogP contribution in [0.3, 0.4) is 0 Å². The Labute approximate surface area is 271 Å². The van der Waals surface area contributed by atoms with E-state index in [2.05, 4.69) is 139 Å². The maximum Gasteiger partial charge on any atom is 0.0976 e. The van der Waals surface area contributed by atoms with E-state index >= 15 is 0 Å². The minimum absolute atomic E-state index is 0.819. The monoisotopic (exact) mass is 607 g/mol. The fourth-order valence-electron chi connectivity index (χ4n) is 7.44. The molecule has 4 heteroatoms. The Kier molecular flexibility index (Phi) is 6.19. The molecule has 0 fully saturated rings. The van der Waals surface area contributed by atoms with Gasteiger partial charge in [-0.2, -0.15) is 0 Å². The zero-order valence-electron chi connectivity index (χ0n) is 25.6. The van der Waals surface area contributed by atoms with Crippen LogP contribution in [0.2, 0.25) is 0 Å². The highest BCUT2D eigenvalue weighted by Crippen LogP contribution is 2.52. The molecule has 0 saturated heterocycles. The molecule has 2 heterocycles. The number of aromatic nitrogens is 3. The number of hydrogen-bond donors (Lipinski definition) is 0. The lowest BCUT2D eigenvalue weighted by Crippen LogP contribution is -2.02. The van der Waals surface area contributed by atoms with E-state index in [0.717, 1.165) is 23.2 Å². The van der Waals surface area contributed by atoms with E-state index in [1.807, 2.05) is 17.4 Å². The lowest BCUT2D eigenvalue weighted by molar-refractivity contribution is 0.871. The average molecular weight is 608 g/mol. The Morgan fingerprint density at radius 3 is 2.22 bits per heavy atom. The summed E-state index contributed by atoms with van der Waals surface area (Å²) in [5, 5.41) is 15.6. The van der Waals surface area contributed by atoms with Gasteiger partial charge in [-0.15, -0.1) is 21.5 Å². The maximum absolute atomic E-state index is 4.71. The summed E-state index contributed by atoms with van der Waals surface area (Å²) in [6.45, 7) is 4.53. The van der Waals surface area contributed by atoms with Crippen LogP contribution in [-0.2, 0) is 6.42 Å². The minimum Gasteiger partial charge on any atom is -0.139 e. The summed E-state index contributed by atoms with van der Waals surface area (Å²) < 4.78 is 2.57. The van der Waals surface area contributed by atoms with Gasteiger partial charge in [-0.1, -0.05) is 103 Å². The Bertz CT molecular complexity index is 2460. The summed E-state index contributed by atoms with van der Waals surface area (Å²) in [7, 11) is 0. The molecule has 2 aromatic heterocycles. The van der Waals surface area contributed by atoms with Crippen molar-refractivity contribution in [2.24, 2.45) is 0 Å². The van der Waals surface area contributed by atoms with Crippen molar-refractivity contribution >= 4 is 31.5 Å². The third-order valence-corrected chi connectivity index (χ3v) is 10.8. The number of thiophene rings is 1. The number of fused-ring (bicyclic) bond motifs is 6. The average Bonchev–Trinajstić information content (AvgIpc) is 3.67. The number of nitrogens with zero attached hydrogens (tertiary/aromatic N) is 3. The number of benzene rings is 6. The van der Waals surface area contributed by atoms with Crippen molar-refractivity contribution in [1.82, 2.24) is 15.4 Å². The molecule has 218 valence electrons. The van der Waals surface area contributed by atoms with Gasteiger partial charge in [0.25, 0.3) is 0 Å². The third kappa shape index (κ3) is 4.07. The Balaban J connectivity index is 1.47. The molecule has 0 saturated carbocycles. The van der Waals surface area contributed by atoms with Gasteiger partial charge in [0.15, 0.2) is 0 Å². The fourth-order valence-corrected chi connectivity index (χ4v) is 8.58. The van der Waals surface area contributed by atoms with Crippen LogP contribution in [0.5, 0.6) is 0 Å². The van der Waals surface area contributed by atoms with Crippen LogP contribution in [0.25, 0.3) is 75.9 Å². The normalized spacial score (nSPS) is 12.0. The van der Waals surface area contributed by atoms with Crippen molar-refractivity contribution in [3.63, 3.8) is 0 Å². The molecule has 3 nitrogen and oxygen atoms in total. The van der Waals surface area contributed by atoms with Gasteiger partial charge in [0.1, 0.15) is 0 Å². The van der Waals surface area contributed by atoms with Crippen LogP contribution in [0.4, 0.5) is 0 Å². The summed E-state index contributed by atoms with van der Waals surface area (Å²) in [6, 6.07) is 44.1. The SMILES string of the molecule is Cc1cc2c(c(-c3c(-c4ccccc4)ccc(-c4cccc5sc6ccccc6c45)c3-c3ccnnn3)c1C)Cc1ccccc1-2. The molecule has 9 rings (SSSR count). The zero-order chi connectivity index (χ0) is 30.8. The second-order valence-corrected chi connectivity index (χ2v) is 13.2. The molecule has 6 aromatic carbocycles. The molecule has 1 aliphatic rings. The summed E-state index contributed by atoms with van der Waals surface area (Å²) in [5.41, 5.74) is 17.1. The molecule has 0 radical (unpaired) electrons. The summed E-state index contributed by atoms with van der Waals surface area (Å²) in [5.74, 6) is 0. The van der Waals surface area contributed by atoms with E-state index in [0.29, 0.717) is 0 Å². The Hall–Kier alpha value is -5.45. The smallest absolute Gasteiger partial charge is 0.0976 e. The molecule has 0 atom stereocenters. The molecule has 1 aliphatic carbocycles. The Morgan fingerprint density at radius 2 is 1.35 bits per heavy atom. The first-order valence-corrected chi connectivity index (χ1v) is 16.5. The molecule has 0 unspecified atom stereocenters. The number of rotatable bonds is 4. The highest BCUT2D eigenvalue weighted by atomic mass is 32.1. The van der Waals surface area contributed by atoms with Crippen LogP contribution in [0, 0.1) is 13.8 Å². The second-order valence-electron chi connectivity index (χ2n) is 12.1. The van der Waals surface area contributed by atoms with Crippen molar-refractivity contribution < 1.29 is 0 Å². The molecule has 0 spiro atoms. The van der Waals surface area contributed by atoms with Crippen LogP contribution >= 0.6 is 11.3 Å². The topological polar surface area (TPSA) is 38.7 Å². The quantitative estimate of drug-likeness (QED) is 0.200. The predicted molar refractivity (Wildman–Crippen MR) is 192 cm³/mol. The van der Waals surface area contributed by atoms with Gasteiger partial charge in [-0.3, -0.25) is 0 Å². The fraction of sp³-hybridized carbons (Fsp3) is 0.0714. The summed E-state index contributed by atoms with van der Waals surface area (Å²) in [6.07, 6.45) is 2.65. The molecule has 0 bridgehead atoms. The highest BCUT2D eigenvalue weighted by molar-refractivity contribution is 7.25. The summed E-state index contributed by atoms with van der Waals surface area (Å²) >= 11 is 1.85. The van der Waals surface area contributed by atoms with Crippen molar-refractivity contribution in [3.8, 4) is 55.8 Å². The van der Waals surface area contributed by atoms with Gasteiger partial charge >= 0.3 is 0 Å². The van der Waals surface area contributed by atoms with E-state index in [1.54, 1.807) is 6.20 Å². The molecule has 0 aliphatic heterocycles. The van der Waals surface area contributed by atoms with Crippen LogP contribution < -0.4 is 0 Å². The third-order valence-electron chi connectivity index (χ3n) is 9.62. The summed E-state index contributed by atoms with van der Waals surface area (Å²) in [4.78, 5) is 0. The standard InChI is InChI=1S/C42H29N3S/c1-25-23-34-29-14-7-6-13-28(29)24-35(34)39(26(25)2)42-30(27-11-4-3-5-12-27)19-20-32(41(42)36-21-22-43-45-44-36)31-16-10-18-38-40(31)33-15-8-9-17-37(33)46-38/h3-23H,24H2,1-2H3. The van der Waals surface area contributed by atoms with Crippen molar-refractivity contribution in [3.05, 3.63) is 150 Å². The van der Waals surface area contributed by atoms with Gasteiger partial charge < -0.3 is 0 Å². The first-order chi connectivity index (χ1) is 22.7. The van der Waals surface area contributed by atoms with E-state index in [1.165, 1.54) is 81.4 Å². The molecular formula is C42H29N3S. The molecule has 0 amide bonds. The number of hydrogen-bond acceptors (Lipinski definition) is 4. The minimum atomic E-state index is 0.819.